The highest BCUT2D eigenvalue weighted by Gasteiger charge is 2.35. The van der Waals surface area contributed by atoms with Gasteiger partial charge in [0.15, 0.2) is 0 Å². The first kappa shape index (κ1) is 15.3. The number of hydrogen-bond acceptors (Lipinski definition) is 4. The molecule has 0 spiro atoms. The standard InChI is InChI=1S/C17H23NO4/c19-13-9-16(17(20)21)18(11-13)10-12-5-7-15(8-6-12)22-14-3-1-2-4-14/h5-8,13-14,16,19H,1-4,9-11H2,(H,20,21)/t13-,16+/m1/s1. The van der Waals surface area contributed by atoms with Gasteiger partial charge in [-0.2, -0.15) is 0 Å². The van der Waals surface area contributed by atoms with Crippen LogP contribution in [0.25, 0.3) is 0 Å². The minimum Gasteiger partial charge on any atom is -0.490 e. The maximum atomic E-state index is 11.2. The number of β-amino-alcohol motifs (C(OH)–C–C–N with tert-alkyl or cyclic N) is 1. The summed E-state index contributed by atoms with van der Waals surface area (Å²) >= 11 is 0. The van der Waals surface area contributed by atoms with E-state index in [1.807, 2.05) is 29.2 Å². The monoisotopic (exact) mass is 305 g/mol. The average molecular weight is 305 g/mol. The van der Waals surface area contributed by atoms with Crippen LogP contribution < -0.4 is 4.74 Å². The van der Waals surface area contributed by atoms with Crippen LogP contribution in [0.15, 0.2) is 24.3 Å². The van der Waals surface area contributed by atoms with Crippen molar-refractivity contribution < 1.29 is 19.7 Å². The Hall–Kier alpha value is -1.59. The van der Waals surface area contributed by atoms with E-state index in [0.29, 0.717) is 25.6 Å². The molecule has 5 nitrogen and oxygen atoms in total. The van der Waals surface area contributed by atoms with Gasteiger partial charge in [0.05, 0.1) is 12.2 Å². The van der Waals surface area contributed by atoms with Gasteiger partial charge in [-0.3, -0.25) is 9.69 Å². The quantitative estimate of drug-likeness (QED) is 0.871. The first-order valence-electron chi connectivity index (χ1n) is 8.02. The number of carboxylic acid groups (broad SMARTS) is 1. The first-order chi connectivity index (χ1) is 10.6. The van der Waals surface area contributed by atoms with Gasteiger partial charge in [-0.15, -0.1) is 0 Å². The molecule has 0 aromatic heterocycles. The molecule has 1 heterocycles. The summed E-state index contributed by atoms with van der Waals surface area (Å²) in [5, 5.41) is 18.9. The number of benzene rings is 1. The molecule has 1 saturated heterocycles. The van der Waals surface area contributed by atoms with Gasteiger partial charge in [-0.1, -0.05) is 12.1 Å². The van der Waals surface area contributed by atoms with Gasteiger partial charge in [0.25, 0.3) is 0 Å². The van der Waals surface area contributed by atoms with E-state index in [1.54, 1.807) is 0 Å². The Labute approximate surface area is 130 Å². The largest absolute Gasteiger partial charge is 0.490 e. The lowest BCUT2D eigenvalue weighted by Gasteiger charge is -2.21. The van der Waals surface area contributed by atoms with E-state index in [0.717, 1.165) is 24.2 Å². The van der Waals surface area contributed by atoms with Crippen LogP contribution in [0, 0.1) is 0 Å². The van der Waals surface area contributed by atoms with Gasteiger partial charge in [0.2, 0.25) is 0 Å². The first-order valence-corrected chi connectivity index (χ1v) is 8.02. The van der Waals surface area contributed by atoms with Gasteiger partial charge in [-0.05, 0) is 43.4 Å². The van der Waals surface area contributed by atoms with E-state index in [4.69, 9.17) is 4.74 Å². The molecular formula is C17H23NO4. The molecule has 2 atom stereocenters. The molecule has 3 rings (SSSR count). The van der Waals surface area contributed by atoms with E-state index in [1.165, 1.54) is 12.8 Å². The van der Waals surface area contributed by atoms with Crippen molar-refractivity contribution in [2.75, 3.05) is 6.54 Å². The van der Waals surface area contributed by atoms with Crippen LogP contribution in [-0.4, -0.2) is 45.9 Å². The van der Waals surface area contributed by atoms with E-state index in [2.05, 4.69) is 0 Å². The molecule has 1 saturated carbocycles. The number of nitrogens with zero attached hydrogens (tertiary/aromatic N) is 1. The number of aliphatic hydroxyl groups is 1. The Morgan fingerprint density at radius 1 is 1.23 bits per heavy atom. The van der Waals surface area contributed by atoms with Gasteiger partial charge in [0, 0.05) is 19.5 Å². The van der Waals surface area contributed by atoms with Crippen LogP contribution in [0.4, 0.5) is 0 Å². The number of carbonyl (C=O) groups is 1. The number of aliphatic carboxylic acids is 1. The van der Waals surface area contributed by atoms with Crippen LogP contribution in [0.3, 0.4) is 0 Å². The van der Waals surface area contributed by atoms with Gasteiger partial charge >= 0.3 is 5.97 Å². The Morgan fingerprint density at radius 2 is 1.91 bits per heavy atom. The zero-order valence-corrected chi connectivity index (χ0v) is 12.6. The van der Waals surface area contributed by atoms with Crippen molar-refractivity contribution in [1.29, 1.82) is 0 Å². The van der Waals surface area contributed by atoms with Crippen LogP contribution >= 0.6 is 0 Å². The van der Waals surface area contributed by atoms with Crippen LogP contribution in [0.2, 0.25) is 0 Å². The summed E-state index contributed by atoms with van der Waals surface area (Å²) in [6.07, 6.45) is 4.86. The minimum atomic E-state index is -0.863. The molecule has 0 bridgehead atoms. The van der Waals surface area contributed by atoms with Crippen molar-refractivity contribution in [2.45, 2.75) is 56.9 Å². The number of likely N-dealkylation sites (tertiary alicyclic amines) is 1. The number of rotatable bonds is 5. The fourth-order valence-corrected chi connectivity index (χ4v) is 3.42. The SMILES string of the molecule is O=C(O)[C@@H]1C[C@@H](O)CN1Cc1ccc(OC2CCCC2)cc1. The van der Waals surface area contributed by atoms with Crippen LogP contribution in [-0.2, 0) is 11.3 Å². The maximum absolute atomic E-state index is 11.2. The molecule has 22 heavy (non-hydrogen) atoms. The lowest BCUT2D eigenvalue weighted by Crippen LogP contribution is -2.35. The predicted molar refractivity (Wildman–Crippen MR) is 81.8 cm³/mol. The summed E-state index contributed by atoms with van der Waals surface area (Å²) < 4.78 is 5.93. The Morgan fingerprint density at radius 3 is 2.55 bits per heavy atom. The summed E-state index contributed by atoms with van der Waals surface area (Å²) in [7, 11) is 0. The van der Waals surface area contributed by atoms with Gasteiger partial charge < -0.3 is 14.9 Å². The fourth-order valence-electron chi connectivity index (χ4n) is 3.42. The Balaban J connectivity index is 1.59. The van der Waals surface area contributed by atoms with Crippen molar-refractivity contribution >= 4 is 5.97 Å². The van der Waals surface area contributed by atoms with Crippen LogP contribution in [0.1, 0.15) is 37.7 Å². The van der Waals surface area contributed by atoms with Crippen molar-refractivity contribution in [1.82, 2.24) is 4.90 Å². The third-order valence-electron chi connectivity index (χ3n) is 4.58. The lowest BCUT2D eigenvalue weighted by atomic mass is 10.1. The third-order valence-corrected chi connectivity index (χ3v) is 4.58. The topological polar surface area (TPSA) is 70.0 Å². The molecule has 1 aliphatic heterocycles. The molecule has 0 unspecified atom stereocenters. The van der Waals surface area contributed by atoms with E-state index in [9.17, 15) is 15.0 Å². The fraction of sp³-hybridized carbons (Fsp3) is 0.588. The van der Waals surface area contributed by atoms with E-state index in [-0.39, 0.29) is 0 Å². The van der Waals surface area contributed by atoms with Gasteiger partial charge in [0.1, 0.15) is 11.8 Å². The molecule has 5 heteroatoms. The summed E-state index contributed by atoms with van der Waals surface area (Å²) in [5.41, 5.74) is 1.04. The number of carboxylic acids is 1. The minimum absolute atomic E-state index is 0.304. The Bertz CT molecular complexity index is 510. The summed E-state index contributed by atoms with van der Waals surface area (Å²) in [4.78, 5) is 13.0. The second-order valence-corrected chi connectivity index (χ2v) is 6.34. The molecule has 0 amide bonds. The molecule has 1 aliphatic carbocycles. The Kier molecular flexibility index (Phi) is 4.64. The summed E-state index contributed by atoms with van der Waals surface area (Å²) in [6, 6.07) is 7.28. The second kappa shape index (κ2) is 6.67. The maximum Gasteiger partial charge on any atom is 0.321 e. The zero-order valence-electron chi connectivity index (χ0n) is 12.6. The number of ether oxygens (including phenoxy) is 1. The van der Waals surface area contributed by atoms with E-state index >= 15 is 0 Å². The molecule has 120 valence electrons. The molecular weight excluding hydrogens is 282 g/mol. The normalized spacial score (nSPS) is 26.4. The highest BCUT2D eigenvalue weighted by Crippen LogP contribution is 2.25. The summed E-state index contributed by atoms with van der Waals surface area (Å²) in [5.74, 6) is 0.0182. The highest BCUT2D eigenvalue weighted by atomic mass is 16.5. The molecule has 2 aliphatic rings. The zero-order chi connectivity index (χ0) is 15.5. The number of aliphatic hydroxyl groups excluding tert-OH is 1. The van der Waals surface area contributed by atoms with E-state index < -0.39 is 18.1 Å². The van der Waals surface area contributed by atoms with Crippen molar-refractivity contribution in [3.05, 3.63) is 29.8 Å². The summed E-state index contributed by atoms with van der Waals surface area (Å²) in [6.45, 7) is 0.953. The highest BCUT2D eigenvalue weighted by molar-refractivity contribution is 5.74. The third kappa shape index (κ3) is 3.59. The second-order valence-electron chi connectivity index (χ2n) is 6.34. The molecule has 1 aromatic rings. The van der Waals surface area contributed by atoms with Crippen LogP contribution in [0.5, 0.6) is 5.75 Å². The molecule has 0 radical (unpaired) electrons. The molecule has 1 aromatic carbocycles. The van der Waals surface area contributed by atoms with Crippen molar-refractivity contribution in [3.63, 3.8) is 0 Å². The molecule has 2 fully saturated rings. The predicted octanol–water partition coefficient (Wildman–Crippen LogP) is 2.03. The average Bonchev–Trinajstić information content (AvgIpc) is 3.11. The van der Waals surface area contributed by atoms with Crippen molar-refractivity contribution in [3.8, 4) is 5.75 Å². The number of hydrogen-bond donors (Lipinski definition) is 2. The molecule has 2 N–H and O–H groups in total. The smallest absolute Gasteiger partial charge is 0.321 e. The lowest BCUT2D eigenvalue weighted by molar-refractivity contribution is -0.142. The van der Waals surface area contributed by atoms with Gasteiger partial charge in [-0.25, -0.2) is 0 Å². The van der Waals surface area contributed by atoms with Crippen molar-refractivity contribution in [2.24, 2.45) is 0 Å².